The minimum absolute atomic E-state index is 0.0497. The molecule has 1 amide bonds. The number of hydrogen-bond acceptors (Lipinski definition) is 7. The van der Waals surface area contributed by atoms with E-state index in [1.54, 1.807) is 19.2 Å². The summed E-state index contributed by atoms with van der Waals surface area (Å²) in [6.07, 6.45) is 3.16. The lowest BCUT2D eigenvalue weighted by atomic mass is 10.1. The molecule has 3 aromatic rings. The van der Waals surface area contributed by atoms with E-state index >= 15 is 0 Å². The third-order valence-electron chi connectivity index (χ3n) is 5.27. The molecule has 1 fully saturated rings. The van der Waals surface area contributed by atoms with Crippen molar-refractivity contribution in [1.29, 1.82) is 0 Å². The maximum Gasteiger partial charge on any atom is 0.293 e. The molecule has 2 aromatic carbocycles. The summed E-state index contributed by atoms with van der Waals surface area (Å²) in [5.41, 5.74) is 2.46. The van der Waals surface area contributed by atoms with Gasteiger partial charge in [0.2, 0.25) is 0 Å². The van der Waals surface area contributed by atoms with Gasteiger partial charge in [-0.15, -0.1) is 0 Å². The van der Waals surface area contributed by atoms with Crippen LogP contribution in [0.4, 0.5) is 16.5 Å². The molecule has 4 rings (SSSR count). The summed E-state index contributed by atoms with van der Waals surface area (Å²) in [6.45, 7) is 3.55. The number of aromatic nitrogens is 1. The Morgan fingerprint density at radius 3 is 2.70 bits per heavy atom. The number of nitro groups is 1. The highest BCUT2D eigenvalue weighted by atomic mass is 32.1. The normalized spacial score (nSPS) is 14.0. The van der Waals surface area contributed by atoms with E-state index in [2.05, 4.69) is 10.3 Å². The number of hydrogen-bond donors (Lipinski definition) is 1. The second kappa shape index (κ2) is 8.27. The van der Waals surface area contributed by atoms with Crippen molar-refractivity contribution in [3.05, 3.63) is 51.6 Å². The van der Waals surface area contributed by atoms with E-state index in [-0.39, 0.29) is 11.3 Å². The molecule has 0 unspecified atom stereocenters. The molecule has 1 aliphatic rings. The monoisotopic (exact) mass is 426 g/mol. The Morgan fingerprint density at radius 1 is 1.23 bits per heavy atom. The number of nitrogens with zero attached hydrogens (tertiary/aromatic N) is 3. The third-order valence-corrected chi connectivity index (χ3v) is 6.38. The number of amides is 1. The van der Waals surface area contributed by atoms with Gasteiger partial charge in [0.1, 0.15) is 17.0 Å². The molecule has 0 saturated carbocycles. The maximum atomic E-state index is 12.8. The fourth-order valence-corrected chi connectivity index (χ4v) is 4.66. The van der Waals surface area contributed by atoms with Gasteiger partial charge in [-0.25, -0.2) is 4.98 Å². The summed E-state index contributed by atoms with van der Waals surface area (Å²) in [7, 11) is 1.57. The van der Waals surface area contributed by atoms with Gasteiger partial charge in [0.25, 0.3) is 11.6 Å². The van der Waals surface area contributed by atoms with E-state index in [1.165, 1.54) is 17.4 Å². The Hall–Kier alpha value is -3.20. The number of carbonyl (C=O) groups is 1. The number of benzene rings is 2. The van der Waals surface area contributed by atoms with Gasteiger partial charge in [0, 0.05) is 24.7 Å². The number of anilines is 2. The molecule has 0 radical (unpaired) electrons. The van der Waals surface area contributed by atoms with Crippen molar-refractivity contribution in [2.45, 2.75) is 26.2 Å². The van der Waals surface area contributed by atoms with Gasteiger partial charge < -0.3 is 9.64 Å². The van der Waals surface area contributed by atoms with Crippen LogP contribution in [-0.4, -0.2) is 36.0 Å². The fraction of sp³-hybridized carbons (Fsp3) is 0.333. The minimum atomic E-state index is -0.432. The molecule has 1 saturated heterocycles. The molecular formula is C21H22N4O4S. The van der Waals surface area contributed by atoms with Crippen LogP contribution in [-0.2, 0) is 0 Å². The molecular weight excluding hydrogens is 404 g/mol. The highest BCUT2D eigenvalue weighted by molar-refractivity contribution is 7.22. The predicted octanol–water partition coefficient (Wildman–Crippen LogP) is 4.76. The van der Waals surface area contributed by atoms with Crippen molar-refractivity contribution in [3.8, 4) is 5.75 Å². The SMILES string of the molecule is COc1ccc(C)c2sc(NC(=O)c3ccc(N4CCCCC4)c([N+](=O)[O-])c3)nc12. The second-order valence-electron chi connectivity index (χ2n) is 7.24. The van der Waals surface area contributed by atoms with E-state index in [0.29, 0.717) is 22.1 Å². The first kappa shape index (κ1) is 20.1. The quantitative estimate of drug-likeness (QED) is 0.466. The van der Waals surface area contributed by atoms with Crippen LogP contribution in [0.5, 0.6) is 5.75 Å². The fourth-order valence-electron chi connectivity index (χ4n) is 3.71. The van der Waals surface area contributed by atoms with Crippen molar-refractivity contribution in [2.24, 2.45) is 0 Å². The number of rotatable bonds is 5. The zero-order valence-corrected chi connectivity index (χ0v) is 17.6. The first-order chi connectivity index (χ1) is 14.5. The molecule has 9 heteroatoms. The van der Waals surface area contributed by atoms with Crippen molar-refractivity contribution < 1.29 is 14.5 Å². The molecule has 0 spiro atoms. The number of aryl methyl sites for hydroxylation is 1. The Kier molecular flexibility index (Phi) is 5.54. The van der Waals surface area contributed by atoms with Crippen LogP contribution in [0, 0.1) is 17.0 Å². The number of nitro benzene ring substituents is 1. The van der Waals surface area contributed by atoms with Crippen LogP contribution in [0.3, 0.4) is 0 Å². The van der Waals surface area contributed by atoms with Crippen LogP contribution < -0.4 is 15.0 Å². The first-order valence-electron chi connectivity index (χ1n) is 9.77. The third kappa shape index (κ3) is 3.80. The Morgan fingerprint density at radius 2 is 2.00 bits per heavy atom. The van der Waals surface area contributed by atoms with Gasteiger partial charge >= 0.3 is 0 Å². The predicted molar refractivity (Wildman–Crippen MR) is 118 cm³/mol. The number of ether oxygens (including phenoxy) is 1. The molecule has 2 heterocycles. The van der Waals surface area contributed by atoms with E-state index in [0.717, 1.165) is 42.6 Å². The van der Waals surface area contributed by atoms with Crippen LogP contribution in [0.15, 0.2) is 30.3 Å². The molecule has 30 heavy (non-hydrogen) atoms. The molecule has 1 N–H and O–H groups in total. The number of thiazole rings is 1. The first-order valence-corrected chi connectivity index (χ1v) is 10.6. The largest absolute Gasteiger partial charge is 0.494 e. The van der Waals surface area contributed by atoms with E-state index in [4.69, 9.17) is 4.74 Å². The van der Waals surface area contributed by atoms with Crippen LogP contribution in [0.2, 0.25) is 0 Å². The van der Waals surface area contributed by atoms with Gasteiger partial charge in [-0.05, 0) is 49.9 Å². The summed E-state index contributed by atoms with van der Waals surface area (Å²) >= 11 is 1.35. The van der Waals surface area contributed by atoms with Gasteiger partial charge in [-0.3, -0.25) is 20.2 Å². The Bertz CT molecular complexity index is 1120. The number of carbonyl (C=O) groups excluding carboxylic acids is 1. The number of methoxy groups -OCH3 is 1. The van der Waals surface area contributed by atoms with Gasteiger partial charge in [0.05, 0.1) is 16.7 Å². The van der Waals surface area contributed by atoms with Crippen LogP contribution in [0.25, 0.3) is 10.2 Å². The van der Waals surface area contributed by atoms with E-state index in [9.17, 15) is 14.9 Å². The second-order valence-corrected chi connectivity index (χ2v) is 8.24. The standard InChI is InChI=1S/C21H22N4O4S/c1-13-6-9-17(29-2)18-19(13)30-21(22-18)23-20(26)14-7-8-15(16(12-14)25(27)28)24-10-4-3-5-11-24/h6-9,12H,3-5,10-11H2,1-2H3,(H,22,23,26). The molecule has 1 aromatic heterocycles. The summed E-state index contributed by atoms with van der Waals surface area (Å²) in [5, 5.41) is 14.8. The molecule has 8 nitrogen and oxygen atoms in total. The van der Waals surface area contributed by atoms with Crippen molar-refractivity contribution in [1.82, 2.24) is 4.98 Å². The number of piperidine rings is 1. The summed E-state index contributed by atoms with van der Waals surface area (Å²) in [4.78, 5) is 30.5. The maximum absolute atomic E-state index is 12.8. The lowest BCUT2D eigenvalue weighted by molar-refractivity contribution is -0.384. The summed E-state index contributed by atoms with van der Waals surface area (Å²) in [6, 6.07) is 8.42. The van der Waals surface area contributed by atoms with Gasteiger partial charge in [0.15, 0.2) is 5.13 Å². The van der Waals surface area contributed by atoms with Crippen molar-refractivity contribution >= 4 is 44.0 Å². The van der Waals surface area contributed by atoms with Crippen molar-refractivity contribution in [3.63, 3.8) is 0 Å². The topological polar surface area (TPSA) is 97.6 Å². The molecule has 0 atom stereocenters. The van der Waals surface area contributed by atoms with Crippen LogP contribution in [0.1, 0.15) is 35.2 Å². The molecule has 156 valence electrons. The minimum Gasteiger partial charge on any atom is -0.494 e. The average Bonchev–Trinajstić information content (AvgIpc) is 3.18. The summed E-state index contributed by atoms with van der Waals surface area (Å²) < 4.78 is 6.28. The number of fused-ring (bicyclic) bond motifs is 1. The van der Waals surface area contributed by atoms with E-state index in [1.807, 2.05) is 24.0 Å². The zero-order chi connectivity index (χ0) is 21.3. The molecule has 0 bridgehead atoms. The smallest absolute Gasteiger partial charge is 0.293 e. The van der Waals surface area contributed by atoms with Gasteiger partial charge in [-0.1, -0.05) is 17.4 Å². The summed E-state index contributed by atoms with van der Waals surface area (Å²) in [5.74, 6) is 0.202. The Balaban J connectivity index is 1.62. The number of nitrogens with one attached hydrogen (secondary N) is 1. The molecule has 1 aliphatic heterocycles. The highest BCUT2D eigenvalue weighted by Gasteiger charge is 2.23. The van der Waals surface area contributed by atoms with Crippen molar-refractivity contribution in [2.75, 3.05) is 30.4 Å². The molecule has 0 aliphatic carbocycles. The van der Waals surface area contributed by atoms with Crippen LogP contribution >= 0.6 is 11.3 Å². The zero-order valence-electron chi connectivity index (χ0n) is 16.8. The van der Waals surface area contributed by atoms with Gasteiger partial charge in [-0.2, -0.15) is 0 Å². The average molecular weight is 426 g/mol. The Labute approximate surface area is 177 Å². The lowest BCUT2D eigenvalue weighted by Gasteiger charge is -2.28. The van der Waals surface area contributed by atoms with E-state index < -0.39 is 10.8 Å². The lowest BCUT2D eigenvalue weighted by Crippen LogP contribution is -2.30. The highest BCUT2D eigenvalue weighted by Crippen LogP contribution is 2.35.